The summed E-state index contributed by atoms with van der Waals surface area (Å²) in [5.41, 5.74) is 0.290. The van der Waals surface area contributed by atoms with E-state index in [4.69, 9.17) is 0 Å². The van der Waals surface area contributed by atoms with Crippen molar-refractivity contribution >= 4 is 34.7 Å². The van der Waals surface area contributed by atoms with E-state index in [9.17, 15) is 19.2 Å². The molecule has 3 aliphatic rings. The second kappa shape index (κ2) is 9.69. The average molecular weight is 446 g/mol. The smallest absolute Gasteiger partial charge is 0.280 e. The second-order valence-electron chi connectivity index (χ2n) is 8.02. The minimum atomic E-state index is -0.406. The first-order valence-electron chi connectivity index (χ1n) is 10.9. The van der Waals surface area contributed by atoms with Crippen molar-refractivity contribution in [2.45, 2.75) is 32.1 Å². The van der Waals surface area contributed by atoms with E-state index < -0.39 is 5.91 Å². The zero-order chi connectivity index (χ0) is 21.8. The number of carbonyl (C=O) groups is 4. The van der Waals surface area contributed by atoms with Gasteiger partial charge < -0.3 is 20.4 Å². The maximum atomic E-state index is 12.7. The molecular formula is C21H27N5O4S. The molecule has 9 nitrogen and oxygen atoms in total. The summed E-state index contributed by atoms with van der Waals surface area (Å²) >= 11 is 0.947. The largest absolute Gasteiger partial charge is 0.380 e. The maximum absolute atomic E-state index is 12.7. The molecule has 3 heterocycles. The molecule has 0 unspecified atom stereocenters. The molecule has 2 N–H and O–H groups in total. The zero-order valence-corrected chi connectivity index (χ0v) is 18.3. The SMILES string of the molecule is O=C(NCCCN1CCCC1=O)c1nc2c(s1)C(=O)C=C(NCCN1CCCC1)C2=O. The van der Waals surface area contributed by atoms with Gasteiger partial charge >= 0.3 is 0 Å². The van der Waals surface area contributed by atoms with E-state index in [1.807, 2.05) is 0 Å². The Morgan fingerprint density at radius 2 is 1.87 bits per heavy atom. The molecule has 1 aromatic rings. The summed E-state index contributed by atoms with van der Waals surface area (Å²) < 4.78 is 0. The number of nitrogens with zero attached hydrogens (tertiary/aromatic N) is 3. The van der Waals surface area contributed by atoms with E-state index in [1.54, 1.807) is 4.90 Å². The van der Waals surface area contributed by atoms with Crippen molar-refractivity contribution in [3.05, 3.63) is 27.4 Å². The lowest BCUT2D eigenvalue weighted by molar-refractivity contribution is -0.127. The second-order valence-corrected chi connectivity index (χ2v) is 9.02. The first-order valence-corrected chi connectivity index (χ1v) is 11.7. The number of Topliss-reactive ketones (excluding diaryl/α,β-unsaturated/α-hetero) is 1. The van der Waals surface area contributed by atoms with Gasteiger partial charge in [-0.1, -0.05) is 0 Å². The van der Waals surface area contributed by atoms with Gasteiger partial charge in [0.2, 0.25) is 11.7 Å². The summed E-state index contributed by atoms with van der Waals surface area (Å²) in [6.45, 7) is 5.32. The Bertz CT molecular complexity index is 919. The van der Waals surface area contributed by atoms with Gasteiger partial charge in [-0.15, -0.1) is 11.3 Å². The fourth-order valence-electron chi connectivity index (χ4n) is 4.10. The average Bonchev–Trinajstić information content (AvgIpc) is 3.50. The van der Waals surface area contributed by atoms with Gasteiger partial charge in [0.1, 0.15) is 10.6 Å². The van der Waals surface area contributed by atoms with Crippen LogP contribution in [0.2, 0.25) is 0 Å². The fourth-order valence-corrected chi connectivity index (χ4v) is 4.99. The standard InChI is InChI=1S/C21H27N5O4S/c27-15-13-14(22-7-12-25-8-1-2-9-25)18(29)17-19(15)31-21(24-17)20(30)23-6-4-11-26-10-3-5-16(26)28/h13,22H,1-12H2,(H,23,30). The van der Waals surface area contributed by atoms with Crippen molar-refractivity contribution < 1.29 is 19.2 Å². The number of aromatic nitrogens is 1. The Morgan fingerprint density at radius 1 is 1.06 bits per heavy atom. The van der Waals surface area contributed by atoms with Crippen LogP contribution in [0, 0.1) is 0 Å². The predicted octanol–water partition coefficient (Wildman–Crippen LogP) is 0.834. The summed E-state index contributed by atoms with van der Waals surface area (Å²) in [7, 11) is 0. The van der Waals surface area contributed by atoms with Crippen LogP contribution < -0.4 is 10.6 Å². The van der Waals surface area contributed by atoms with Gasteiger partial charge in [0.15, 0.2) is 10.8 Å². The Kier molecular flexibility index (Phi) is 6.77. The van der Waals surface area contributed by atoms with Crippen molar-refractivity contribution in [3.63, 3.8) is 0 Å². The van der Waals surface area contributed by atoms with Crippen molar-refractivity contribution in [1.29, 1.82) is 0 Å². The molecule has 1 aromatic heterocycles. The van der Waals surface area contributed by atoms with Gasteiger partial charge in [0.05, 0.1) is 5.70 Å². The number of allylic oxidation sites excluding steroid dienone is 2. The molecule has 2 fully saturated rings. The van der Waals surface area contributed by atoms with Gasteiger partial charge in [0, 0.05) is 45.2 Å². The highest BCUT2D eigenvalue weighted by molar-refractivity contribution is 7.16. The molecule has 2 amide bonds. The third-order valence-electron chi connectivity index (χ3n) is 5.78. The number of amides is 2. The highest BCUT2D eigenvalue weighted by Gasteiger charge is 2.31. The molecule has 0 radical (unpaired) electrons. The van der Waals surface area contributed by atoms with E-state index in [2.05, 4.69) is 20.5 Å². The van der Waals surface area contributed by atoms with E-state index in [1.165, 1.54) is 18.9 Å². The molecule has 0 aromatic carbocycles. The Labute approximate surface area is 184 Å². The van der Waals surface area contributed by atoms with Crippen LogP contribution in [0.5, 0.6) is 0 Å². The Balaban J connectivity index is 1.29. The van der Waals surface area contributed by atoms with E-state index in [0.29, 0.717) is 32.5 Å². The van der Waals surface area contributed by atoms with Crippen LogP contribution in [0.4, 0.5) is 0 Å². The summed E-state index contributed by atoms with van der Waals surface area (Å²) in [6.07, 6.45) is 5.84. The van der Waals surface area contributed by atoms with Crippen molar-refractivity contribution in [3.8, 4) is 0 Å². The van der Waals surface area contributed by atoms with Gasteiger partial charge in [-0.2, -0.15) is 0 Å². The maximum Gasteiger partial charge on any atom is 0.280 e. The number of nitrogens with one attached hydrogen (secondary N) is 2. The number of ketones is 2. The van der Waals surface area contributed by atoms with E-state index in [-0.39, 0.29) is 38.7 Å². The van der Waals surface area contributed by atoms with Crippen LogP contribution in [0.25, 0.3) is 0 Å². The Hall–Kier alpha value is -2.59. The Morgan fingerprint density at radius 3 is 2.61 bits per heavy atom. The first-order chi connectivity index (χ1) is 15.0. The highest BCUT2D eigenvalue weighted by atomic mass is 32.1. The van der Waals surface area contributed by atoms with Gasteiger partial charge in [-0.25, -0.2) is 4.98 Å². The number of hydrogen-bond acceptors (Lipinski definition) is 8. The molecular weight excluding hydrogens is 418 g/mol. The van der Waals surface area contributed by atoms with Crippen molar-refractivity contribution in [2.75, 3.05) is 45.8 Å². The topological polar surface area (TPSA) is 112 Å². The van der Waals surface area contributed by atoms with Crippen molar-refractivity contribution in [2.24, 2.45) is 0 Å². The van der Waals surface area contributed by atoms with E-state index in [0.717, 1.165) is 43.9 Å². The monoisotopic (exact) mass is 445 g/mol. The lowest BCUT2D eigenvalue weighted by atomic mass is 10.0. The number of carbonyl (C=O) groups excluding carboxylic acids is 4. The van der Waals surface area contributed by atoms with E-state index >= 15 is 0 Å². The fraction of sp³-hybridized carbons (Fsp3) is 0.571. The predicted molar refractivity (Wildman–Crippen MR) is 115 cm³/mol. The number of thiazole rings is 1. The molecule has 4 rings (SSSR count). The van der Waals surface area contributed by atoms with Crippen molar-refractivity contribution in [1.82, 2.24) is 25.4 Å². The molecule has 0 saturated carbocycles. The lowest BCUT2D eigenvalue weighted by Gasteiger charge is -2.17. The van der Waals surface area contributed by atoms with Crippen LogP contribution in [-0.2, 0) is 4.79 Å². The van der Waals surface area contributed by atoms with Crippen LogP contribution in [0.1, 0.15) is 62.1 Å². The molecule has 10 heteroatoms. The van der Waals surface area contributed by atoms with Crippen LogP contribution in [0.15, 0.2) is 11.8 Å². The molecule has 31 heavy (non-hydrogen) atoms. The first kappa shape index (κ1) is 21.6. The highest BCUT2D eigenvalue weighted by Crippen LogP contribution is 2.26. The summed E-state index contributed by atoms with van der Waals surface area (Å²) in [4.78, 5) is 57.7. The number of rotatable bonds is 9. The number of likely N-dealkylation sites (tertiary alicyclic amines) is 2. The minimum Gasteiger partial charge on any atom is -0.380 e. The molecule has 2 aliphatic heterocycles. The normalized spacial score (nSPS) is 19.0. The zero-order valence-electron chi connectivity index (χ0n) is 17.4. The number of fused-ring (bicyclic) bond motifs is 1. The summed E-state index contributed by atoms with van der Waals surface area (Å²) in [5.74, 6) is -0.897. The minimum absolute atomic E-state index is 0.0500. The quantitative estimate of drug-likeness (QED) is 0.542. The van der Waals surface area contributed by atoms with Gasteiger partial charge in [-0.05, 0) is 38.8 Å². The molecule has 0 atom stereocenters. The molecule has 2 saturated heterocycles. The molecule has 1 aliphatic carbocycles. The lowest BCUT2D eigenvalue weighted by Crippen LogP contribution is -2.33. The third-order valence-corrected chi connectivity index (χ3v) is 6.85. The molecule has 166 valence electrons. The van der Waals surface area contributed by atoms with Crippen LogP contribution in [0.3, 0.4) is 0 Å². The van der Waals surface area contributed by atoms with Crippen LogP contribution in [-0.4, -0.2) is 84.0 Å². The van der Waals surface area contributed by atoms with Crippen LogP contribution >= 0.6 is 11.3 Å². The molecule has 0 bridgehead atoms. The summed E-state index contributed by atoms with van der Waals surface area (Å²) in [6, 6.07) is 0. The molecule has 0 spiro atoms. The summed E-state index contributed by atoms with van der Waals surface area (Å²) in [5, 5.41) is 5.93. The number of hydrogen-bond donors (Lipinski definition) is 2. The van der Waals surface area contributed by atoms with Gasteiger partial charge in [-0.3, -0.25) is 19.2 Å². The third kappa shape index (κ3) is 5.01. The van der Waals surface area contributed by atoms with Gasteiger partial charge in [0.25, 0.3) is 5.91 Å².